The van der Waals surface area contributed by atoms with Gasteiger partial charge < -0.3 is 18.6 Å². The quantitative estimate of drug-likeness (QED) is 0.230. The van der Waals surface area contributed by atoms with Crippen LogP contribution in [-0.2, 0) is 23.7 Å². The van der Waals surface area contributed by atoms with Gasteiger partial charge in [-0.1, -0.05) is 60.5 Å². The first-order valence-electron chi connectivity index (χ1n) is 12.8. The molecule has 0 aliphatic rings. The van der Waals surface area contributed by atoms with Gasteiger partial charge in [-0.05, 0) is 37.1 Å². The third-order valence-electron chi connectivity index (χ3n) is 6.48. The summed E-state index contributed by atoms with van der Waals surface area (Å²) < 4.78 is 16.8. The number of carbonyl (C=O) groups excluding carboxylic acids is 2. The van der Waals surface area contributed by atoms with Crippen molar-refractivity contribution in [1.82, 2.24) is 9.13 Å². The van der Waals surface area contributed by atoms with E-state index in [1.54, 1.807) is 14.2 Å². The molecule has 0 saturated carbocycles. The molecule has 2 amide bonds. The summed E-state index contributed by atoms with van der Waals surface area (Å²) in [4.78, 5) is 34.9. The summed E-state index contributed by atoms with van der Waals surface area (Å²) >= 11 is 2.99. The number of thiazole rings is 2. The molecule has 38 heavy (non-hydrogen) atoms. The molecule has 0 bridgehead atoms. The van der Waals surface area contributed by atoms with E-state index in [-0.39, 0.29) is 11.8 Å². The predicted octanol–water partition coefficient (Wildman–Crippen LogP) is 5.49. The number of hydrogen-bond donors (Lipinski definition) is 0. The highest BCUT2D eigenvalue weighted by Gasteiger charge is 2.11. The molecule has 0 unspecified atom stereocenters. The number of benzene rings is 2. The van der Waals surface area contributed by atoms with Crippen LogP contribution in [0.25, 0.3) is 20.4 Å². The van der Waals surface area contributed by atoms with Crippen LogP contribution in [0.1, 0.15) is 51.4 Å². The zero-order valence-electron chi connectivity index (χ0n) is 22.4. The number of para-hydroxylation sites is 2. The summed E-state index contributed by atoms with van der Waals surface area (Å²) in [6.07, 6.45) is 6.56. The van der Waals surface area contributed by atoms with Crippen LogP contribution in [0.15, 0.2) is 46.4 Å². The van der Waals surface area contributed by atoms with Gasteiger partial charge in [-0.2, -0.15) is 9.98 Å². The fraction of sp³-hybridized carbons (Fsp3) is 0.429. The van der Waals surface area contributed by atoms with E-state index in [0.29, 0.717) is 22.4 Å². The summed E-state index contributed by atoms with van der Waals surface area (Å²) in [5.74, 6) is 1.37. The number of rotatable bonds is 11. The van der Waals surface area contributed by atoms with Gasteiger partial charge in [0.15, 0.2) is 9.60 Å². The lowest BCUT2D eigenvalue weighted by Crippen LogP contribution is -2.13. The van der Waals surface area contributed by atoms with E-state index in [1.165, 1.54) is 22.7 Å². The topological polar surface area (TPSA) is 87.2 Å². The van der Waals surface area contributed by atoms with Crippen molar-refractivity contribution in [3.8, 4) is 11.5 Å². The van der Waals surface area contributed by atoms with Gasteiger partial charge in [-0.3, -0.25) is 9.59 Å². The third-order valence-corrected chi connectivity index (χ3v) is 8.68. The number of aryl methyl sites for hydroxylation is 2. The Labute approximate surface area is 229 Å². The van der Waals surface area contributed by atoms with E-state index >= 15 is 0 Å². The van der Waals surface area contributed by atoms with Crippen LogP contribution in [0.2, 0.25) is 0 Å². The largest absolute Gasteiger partial charge is 0.495 e. The molecule has 0 spiro atoms. The minimum Gasteiger partial charge on any atom is -0.495 e. The number of amides is 2. The van der Waals surface area contributed by atoms with Crippen LogP contribution in [-0.4, -0.2) is 35.2 Å². The van der Waals surface area contributed by atoms with Crippen molar-refractivity contribution in [2.75, 3.05) is 14.2 Å². The molecule has 2 aromatic carbocycles. The van der Waals surface area contributed by atoms with Crippen LogP contribution in [0.5, 0.6) is 11.5 Å². The van der Waals surface area contributed by atoms with Gasteiger partial charge in [0.2, 0.25) is 11.8 Å². The summed E-state index contributed by atoms with van der Waals surface area (Å²) in [5.41, 5.74) is 1.91. The van der Waals surface area contributed by atoms with Crippen molar-refractivity contribution in [3.63, 3.8) is 0 Å². The maximum Gasteiger partial charge on any atom is 0.248 e. The lowest BCUT2D eigenvalue weighted by molar-refractivity contribution is -0.119. The van der Waals surface area contributed by atoms with E-state index in [9.17, 15) is 9.59 Å². The van der Waals surface area contributed by atoms with Gasteiger partial charge in [-0.15, -0.1) is 0 Å². The van der Waals surface area contributed by atoms with E-state index in [2.05, 4.69) is 9.98 Å². The summed E-state index contributed by atoms with van der Waals surface area (Å²) in [6, 6.07) is 11.7. The Morgan fingerprint density at radius 2 is 1.08 bits per heavy atom. The lowest BCUT2D eigenvalue weighted by Gasteiger charge is -2.03. The number of carbonyl (C=O) groups is 2. The SMILES string of the molecule is COc1cccc2sc(=NC(=O)CCCCCCCCC(=O)N=c3sc4cccc(OC)c4n3C)n(C)c12. The van der Waals surface area contributed by atoms with Crippen molar-refractivity contribution in [2.24, 2.45) is 24.1 Å². The minimum atomic E-state index is -0.0923. The van der Waals surface area contributed by atoms with E-state index in [4.69, 9.17) is 9.47 Å². The fourth-order valence-electron chi connectivity index (χ4n) is 4.46. The van der Waals surface area contributed by atoms with Gasteiger partial charge in [0.05, 0.1) is 23.6 Å². The highest BCUT2D eigenvalue weighted by molar-refractivity contribution is 7.16. The Morgan fingerprint density at radius 1 is 0.684 bits per heavy atom. The average molecular weight is 555 g/mol. The third kappa shape index (κ3) is 6.42. The van der Waals surface area contributed by atoms with Gasteiger partial charge >= 0.3 is 0 Å². The molecule has 0 atom stereocenters. The predicted molar refractivity (Wildman–Crippen MR) is 153 cm³/mol. The molecule has 10 heteroatoms. The number of nitrogens with zero attached hydrogens (tertiary/aromatic N) is 4. The Bertz CT molecular complexity index is 1460. The second-order valence-electron chi connectivity index (χ2n) is 9.13. The molecule has 0 radical (unpaired) electrons. The number of aromatic nitrogens is 2. The summed E-state index contributed by atoms with van der Waals surface area (Å²) in [5, 5.41) is 0. The maximum absolute atomic E-state index is 12.4. The molecule has 0 aliphatic carbocycles. The molecular weight excluding hydrogens is 520 g/mol. The van der Waals surface area contributed by atoms with Crippen molar-refractivity contribution < 1.29 is 19.1 Å². The molecule has 8 nitrogen and oxygen atoms in total. The maximum atomic E-state index is 12.4. The second kappa shape index (κ2) is 13.0. The molecule has 0 fully saturated rings. The Balaban J connectivity index is 1.17. The minimum absolute atomic E-state index is 0.0923. The van der Waals surface area contributed by atoms with Crippen LogP contribution in [0.3, 0.4) is 0 Å². The molecule has 2 heterocycles. The zero-order chi connectivity index (χ0) is 27.1. The summed E-state index contributed by atoms with van der Waals surface area (Å²) in [6.45, 7) is 0. The van der Waals surface area contributed by atoms with Crippen molar-refractivity contribution in [3.05, 3.63) is 46.0 Å². The molecule has 4 aromatic rings. The highest BCUT2D eigenvalue weighted by atomic mass is 32.1. The van der Waals surface area contributed by atoms with Crippen molar-refractivity contribution in [2.45, 2.75) is 51.4 Å². The normalized spacial score (nSPS) is 12.5. The smallest absolute Gasteiger partial charge is 0.248 e. The van der Waals surface area contributed by atoms with Gasteiger partial charge in [0, 0.05) is 26.9 Å². The monoisotopic (exact) mass is 554 g/mol. The number of unbranched alkanes of at least 4 members (excludes halogenated alkanes) is 5. The van der Waals surface area contributed by atoms with Gasteiger partial charge in [-0.25, -0.2) is 0 Å². The molecule has 202 valence electrons. The van der Waals surface area contributed by atoms with Crippen LogP contribution >= 0.6 is 22.7 Å². The second-order valence-corrected chi connectivity index (χ2v) is 11.2. The molecule has 2 aromatic heterocycles. The Kier molecular flexibility index (Phi) is 9.52. The van der Waals surface area contributed by atoms with E-state index in [1.807, 2.05) is 59.6 Å². The molecule has 0 saturated heterocycles. The number of hydrogen-bond acceptors (Lipinski definition) is 6. The molecular formula is C28H34N4O4S2. The van der Waals surface area contributed by atoms with Crippen LogP contribution in [0.4, 0.5) is 0 Å². The van der Waals surface area contributed by atoms with Crippen LogP contribution in [0, 0.1) is 0 Å². The fourth-order valence-corrected chi connectivity index (χ4v) is 6.57. The van der Waals surface area contributed by atoms with Gasteiger partial charge in [0.25, 0.3) is 0 Å². The number of ether oxygens (including phenoxy) is 2. The molecule has 0 N–H and O–H groups in total. The van der Waals surface area contributed by atoms with Crippen LogP contribution < -0.4 is 19.1 Å². The van der Waals surface area contributed by atoms with Crippen molar-refractivity contribution >= 4 is 54.9 Å². The number of fused-ring (bicyclic) bond motifs is 2. The van der Waals surface area contributed by atoms with E-state index < -0.39 is 0 Å². The summed E-state index contributed by atoms with van der Waals surface area (Å²) in [7, 11) is 7.11. The first-order valence-corrected chi connectivity index (χ1v) is 14.5. The highest BCUT2D eigenvalue weighted by Crippen LogP contribution is 2.27. The zero-order valence-corrected chi connectivity index (χ0v) is 24.0. The lowest BCUT2D eigenvalue weighted by atomic mass is 10.1. The Morgan fingerprint density at radius 3 is 1.47 bits per heavy atom. The standard InChI is InChI=1S/C28H34N4O4S2/c1-31-25-19(35-3)13-11-15-21(25)37-27(31)29-23(33)17-9-7-5-6-8-10-18-24(34)30-28-32(2)26-20(36-4)14-12-16-22(26)38-28/h11-16H,5-10,17-18H2,1-4H3. The molecule has 4 rings (SSSR count). The molecule has 0 aliphatic heterocycles. The number of methoxy groups -OCH3 is 2. The van der Waals surface area contributed by atoms with Crippen molar-refractivity contribution in [1.29, 1.82) is 0 Å². The van der Waals surface area contributed by atoms with E-state index in [0.717, 1.165) is 70.5 Å². The average Bonchev–Trinajstić information content (AvgIpc) is 3.41. The first kappa shape index (κ1) is 27.8. The Hall–Kier alpha value is -3.24. The van der Waals surface area contributed by atoms with Gasteiger partial charge in [0.1, 0.15) is 22.5 Å². The first-order chi connectivity index (χ1) is 18.4.